The number of aromatic hydroxyl groups is 1. The summed E-state index contributed by atoms with van der Waals surface area (Å²) in [6.07, 6.45) is 0. The first-order valence-corrected chi connectivity index (χ1v) is 7.55. The molecule has 1 heterocycles. The number of hydrogen-bond donors (Lipinski definition) is 1. The lowest BCUT2D eigenvalue weighted by Gasteiger charge is -2.06. The molecule has 0 radical (unpaired) electrons. The molecule has 0 fully saturated rings. The Bertz CT molecular complexity index is 760. The van der Waals surface area contributed by atoms with E-state index in [2.05, 4.69) is 4.98 Å². The molecular formula is C16H12ClNOS. The van der Waals surface area contributed by atoms with Crippen molar-refractivity contribution in [3.63, 3.8) is 0 Å². The average molecular weight is 302 g/mol. The third-order valence-electron chi connectivity index (χ3n) is 2.96. The zero-order chi connectivity index (χ0) is 13.9. The highest BCUT2D eigenvalue weighted by Gasteiger charge is 2.06. The van der Waals surface area contributed by atoms with Crippen LogP contribution in [0.3, 0.4) is 0 Å². The molecule has 100 valence electrons. The summed E-state index contributed by atoms with van der Waals surface area (Å²) in [7, 11) is 0. The Morgan fingerprint density at radius 2 is 1.90 bits per heavy atom. The molecule has 1 N–H and O–H groups in total. The van der Waals surface area contributed by atoms with Gasteiger partial charge in [-0.25, -0.2) is 4.98 Å². The van der Waals surface area contributed by atoms with Crippen LogP contribution in [-0.4, -0.2) is 10.1 Å². The number of aromatic nitrogens is 1. The van der Waals surface area contributed by atoms with Crippen molar-refractivity contribution < 1.29 is 5.11 Å². The van der Waals surface area contributed by atoms with Gasteiger partial charge in [0.1, 0.15) is 5.03 Å². The van der Waals surface area contributed by atoms with E-state index >= 15 is 0 Å². The first-order chi connectivity index (χ1) is 9.72. The van der Waals surface area contributed by atoms with E-state index in [4.69, 9.17) is 11.6 Å². The lowest BCUT2D eigenvalue weighted by molar-refractivity contribution is 0.450. The molecule has 0 aliphatic carbocycles. The van der Waals surface area contributed by atoms with Gasteiger partial charge in [0, 0.05) is 22.2 Å². The first-order valence-electron chi connectivity index (χ1n) is 6.18. The molecule has 3 rings (SSSR count). The Balaban J connectivity index is 1.91. The maximum Gasteiger partial charge on any atom is 0.212 e. The van der Waals surface area contributed by atoms with E-state index in [1.807, 2.05) is 48.5 Å². The zero-order valence-electron chi connectivity index (χ0n) is 10.6. The minimum Gasteiger partial charge on any atom is -0.493 e. The highest BCUT2D eigenvalue weighted by molar-refractivity contribution is 7.98. The Morgan fingerprint density at radius 1 is 1.05 bits per heavy atom. The van der Waals surface area contributed by atoms with E-state index in [1.54, 1.807) is 17.8 Å². The predicted molar refractivity (Wildman–Crippen MR) is 84.4 cm³/mol. The molecule has 0 amide bonds. The third kappa shape index (κ3) is 2.89. The standard InChI is InChI=1S/C16H12ClNOS/c17-13-6-3-4-11(8-13)10-20-16-14-7-2-1-5-12(14)9-15(19)18-16/h1-9H,10H2,(H,18,19). The molecule has 0 atom stereocenters. The van der Waals surface area contributed by atoms with Gasteiger partial charge in [-0.2, -0.15) is 0 Å². The van der Waals surface area contributed by atoms with Crippen molar-refractivity contribution in [2.45, 2.75) is 10.8 Å². The van der Waals surface area contributed by atoms with Crippen molar-refractivity contribution in [1.29, 1.82) is 0 Å². The van der Waals surface area contributed by atoms with Gasteiger partial charge in [-0.3, -0.25) is 0 Å². The molecular weight excluding hydrogens is 290 g/mol. The smallest absolute Gasteiger partial charge is 0.212 e. The maximum absolute atomic E-state index is 9.71. The molecule has 2 aromatic carbocycles. The van der Waals surface area contributed by atoms with Crippen molar-refractivity contribution in [3.05, 3.63) is 65.2 Å². The number of pyridine rings is 1. The van der Waals surface area contributed by atoms with E-state index in [0.717, 1.165) is 32.1 Å². The van der Waals surface area contributed by atoms with Crippen LogP contribution in [0, 0.1) is 0 Å². The van der Waals surface area contributed by atoms with Crippen LogP contribution in [0.2, 0.25) is 5.02 Å². The maximum atomic E-state index is 9.71. The lowest BCUT2D eigenvalue weighted by atomic mass is 10.2. The van der Waals surface area contributed by atoms with Gasteiger partial charge in [-0.1, -0.05) is 48.0 Å². The third-order valence-corrected chi connectivity index (χ3v) is 4.25. The minimum absolute atomic E-state index is 0.0531. The Labute approximate surface area is 126 Å². The van der Waals surface area contributed by atoms with E-state index in [1.165, 1.54) is 0 Å². The van der Waals surface area contributed by atoms with Gasteiger partial charge in [-0.05, 0) is 23.1 Å². The summed E-state index contributed by atoms with van der Waals surface area (Å²) in [6.45, 7) is 0. The van der Waals surface area contributed by atoms with Crippen LogP contribution in [0.5, 0.6) is 5.88 Å². The number of nitrogens with zero attached hydrogens (tertiary/aromatic N) is 1. The molecule has 2 nitrogen and oxygen atoms in total. The van der Waals surface area contributed by atoms with Gasteiger partial charge in [0.2, 0.25) is 5.88 Å². The van der Waals surface area contributed by atoms with Crippen LogP contribution in [-0.2, 0) is 5.75 Å². The SMILES string of the molecule is Oc1cc2ccccc2c(SCc2cccc(Cl)c2)n1. The zero-order valence-corrected chi connectivity index (χ0v) is 12.2. The number of rotatable bonds is 3. The summed E-state index contributed by atoms with van der Waals surface area (Å²) >= 11 is 7.58. The highest BCUT2D eigenvalue weighted by Crippen LogP contribution is 2.31. The first kappa shape index (κ1) is 13.3. The van der Waals surface area contributed by atoms with Crippen molar-refractivity contribution in [3.8, 4) is 5.88 Å². The quantitative estimate of drug-likeness (QED) is 0.699. The number of thioether (sulfide) groups is 1. The van der Waals surface area contributed by atoms with Gasteiger partial charge in [0.15, 0.2) is 0 Å². The molecule has 3 aromatic rings. The van der Waals surface area contributed by atoms with E-state index in [-0.39, 0.29) is 5.88 Å². The van der Waals surface area contributed by atoms with Crippen LogP contribution in [0.25, 0.3) is 10.8 Å². The summed E-state index contributed by atoms with van der Waals surface area (Å²) in [5.41, 5.74) is 1.14. The van der Waals surface area contributed by atoms with E-state index in [9.17, 15) is 5.11 Å². The average Bonchev–Trinajstić information content (AvgIpc) is 2.44. The van der Waals surface area contributed by atoms with E-state index in [0.29, 0.717) is 0 Å². The second kappa shape index (κ2) is 5.73. The van der Waals surface area contributed by atoms with Gasteiger partial charge >= 0.3 is 0 Å². The fourth-order valence-electron chi connectivity index (χ4n) is 2.04. The summed E-state index contributed by atoms with van der Waals surface area (Å²) in [5.74, 6) is 0.818. The topological polar surface area (TPSA) is 33.1 Å². The van der Waals surface area contributed by atoms with Crippen LogP contribution in [0.4, 0.5) is 0 Å². The lowest BCUT2D eigenvalue weighted by Crippen LogP contribution is -1.86. The molecule has 20 heavy (non-hydrogen) atoms. The summed E-state index contributed by atoms with van der Waals surface area (Å²) in [5, 5.41) is 13.3. The van der Waals surface area contributed by atoms with Crippen LogP contribution in [0.15, 0.2) is 59.6 Å². The van der Waals surface area contributed by atoms with Crippen molar-refractivity contribution in [1.82, 2.24) is 4.98 Å². The molecule has 4 heteroatoms. The molecule has 0 unspecified atom stereocenters. The Morgan fingerprint density at radius 3 is 2.75 bits per heavy atom. The number of halogens is 1. The molecule has 0 saturated carbocycles. The molecule has 0 bridgehead atoms. The van der Waals surface area contributed by atoms with Crippen molar-refractivity contribution >= 4 is 34.1 Å². The second-order valence-corrected chi connectivity index (χ2v) is 5.83. The number of hydrogen-bond acceptors (Lipinski definition) is 3. The monoisotopic (exact) mass is 301 g/mol. The van der Waals surface area contributed by atoms with Crippen LogP contribution >= 0.6 is 23.4 Å². The van der Waals surface area contributed by atoms with Gasteiger partial charge in [-0.15, -0.1) is 11.8 Å². The summed E-state index contributed by atoms with van der Waals surface area (Å²) in [6, 6.07) is 17.4. The van der Waals surface area contributed by atoms with Gasteiger partial charge < -0.3 is 5.11 Å². The molecule has 0 aliphatic heterocycles. The van der Waals surface area contributed by atoms with Gasteiger partial charge in [0.25, 0.3) is 0 Å². The Hall–Kier alpha value is -1.71. The normalized spacial score (nSPS) is 10.8. The van der Waals surface area contributed by atoms with Crippen molar-refractivity contribution in [2.24, 2.45) is 0 Å². The fraction of sp³-hybridized carbons (Fsp3) is 0.0625. The molecule has 1 aromatic heterocycles. The van der Waals surface area contributed by atoms with Crippen LogP contribution in [0.1, 0.15) is 5.56 Å². The van der Waals surface area contributed by atoms with Gasteiger partial charge in [0.05, 0.1) is 0 Å². The van der Waals surface area contributed by atoms with Crippen LogP contribution < -0.4 is 0 Å². The molecule has 0 aliphatic rings. The second-order valence-electron chi connectivity index (χ2n) is 4.43. The summed E-state index contributed by atoms with van der Waals surface area (Å²) < 4.78 is 0. The largest absolute Gasteiger partial charge is 0.493 e. The predicted octanol–water partition coefficient (Wildman–Crippen LogP) is 4.89. The van der Waals surface area contributed by atoms with E-state index < -0.39 is 0 Å². The Kier molecular flexibility index (Phi) is 3.81. The fourth-order valence-corrected chi connectivity index (χ4v) is 3.24. The minimum atomic E-state index is 0.0531. The number of benzene rings is 2. The molecule has 0 spiro atoms. The van der Waals surface area contributed by atoms with Crippen molar-refractivity contribution in [2.75, 3.05) is 0 Å². The summed E-state index contributed by atoms with van der Waals surface area (Å²) in [4.78, 5) is 4.22. The molecule has 0 saturated heterocycles. The highest BCUT2D eigenvalue weighted by atomic mass is 35.5. The number of fused-ring (bicyclic) bond motifs is 1.